The third-order valence-corrected chi connectivity index (χ3v) is 4.01. The van der Waals surface area contributed by atoms with E-state index in [0.717, 1.165) is 16.8 Å². The van der Waals surface area contributed by atoms with Gasteiger partial charge in [0.1, 0.15) is 5.82 Å². The molecule has 1 aromatic heterocycles. The van der Waals surface area contributed by atoms with Crippen molar-refractivity contribution in [3.05, 3.63) is 36.0 Å². The number of amides is 1. The normalized spacial score (nSPS) is 16.4. The van der Waals surface area contributed by atoms with E-state index < -0.39 is 11.9 Å². The monoisotopic (exact) mass is 329 g/mol. The van der Waals surface area contributed by atoms with Gasteiger partial charge in [-0.05, 0) is 5.56 Å². The van der Waals surface area contributed by atoms with Gasteiger partial charge in [-0.2, -0.15) is 5.10 Å². The molecule has 3 rings (SSSR count). The highest BCUT2D eigenvalue weighted by Gasteiger charge is 2.32. The average molecular weight is 329 g/mol. The Hall–Kier alpha value is -2.67. The summed E-state index contributed by atoms with van der Waals surface area (Å²) in [5.41, 5.74) is 2.55. The standard InChI is InChI=1S/C17H19N3O4/c1-23-10-13-15(11-6-4-3-5-7-11)16-18-17(22)12(8-14(21)24-2)9-20(16)19-13/h3-7,12H,8-10H2,1-2H3,(H,18,22)/t12-/m1/s1. The first-order chi connectivity index (χ1) is 11.6. The molecule has 0 radical (unpaired) electrons. The maximum absolute atomic E-state index is 12.4. The van der Waals surface area contributed by atoms with Gasteiger partial charge in [-0.1, -0.05) is 30.3 Å². The van der Waals surface area contributed by atoms with Crippen LogP contribution in [0.4, 0.5) is 5.82 Å². The molecular formula is C17H19N3O4. The first-order valence-corrected chi connectivity index (χ1v) is 7.65. The Morgan fingerprint density at radius 3 is 2.75 bits per heavy atom. The number of carbonyl (C=O) groups excluding carboxylic acids is 2. The summed E-state index contributed by atoms with van der Waals surface area (Å²) in [7, 11) is 2.92. The zero-order chi connectivity index (χ0) is 17.1. The van der Waals surface area contributed by atoms with Crippen LogP contribution >= 0.6 is 0 Å². The number of benzene rings is 1. The second-order valence-corrected chi connectivity index (χ2v) is 5.62. The van der Waals surface area contributed by atoms with Crippen molar-refractivity contribution in [2.24, 2.45) is 5.92 Å². The molecule has 0 spiro atoms. The van der Waals surface area contributed by atoms with Crippen molar-refractivity contribution in [3.63, 3.8) is 0 Å². The minimum atomic E-state index is -0.496. The Balaban J connectivity index is 1.99. The van der Waals surface area contributed by atoms with Crippen LogP contribution in [0.25, 0.3) is 11.1 Å². The highest BCUT2D eigenvalue weighted by atomic mass is 16.5. The molecule has 1 amide bonds. The molecule has 0 fully saturated rings. The Bertz CT molecular complexity index is 755. The minimum Gasteiger partial charge on any atom is -0.469 e. The molecule has 126 valence electrons. The van der Waals surface area contributed by atoms with Crippen LogP contribution in [0, 0.1) is 5.92 Å². The first kappa shape index (κ1) is 16.2. The third kappa shape index (κ3) is 3.03. The van der Waals surface area contributed by atoms with Crippen LogP contribution < -0.4 is 5.32 Å². The number of rotatable bonds is 5. The second kappa shape index (κ2) is 6.84. The molecule has 0 bridgehead atoms. The molecule has 2 aromatic rings. The van der Waals surface area contributed by atoms with Gasteiger partial charge in [-0.15, -0.1) is 0 Å². The topological polar surface area (TPSA) is 82.5 Å². The van der Waals surface area contributed by atoms with Crippen molar-refractivity contribution in [2.45, 2.75) is 19.6 Å². The second-order valence-electron chi connectivity index (χ2n) is 5.62. The lowest BCUT2D eigenvalue weighted by atomic mass is 10.0. The molecular weight excluding hydrogens is 310 g/mol. The van der Waals surface area contributed by atoms with Crippen molar-refractivity contribution in [1.82, 2.24) is 9.78 Å². The highest BCUT2D eigenvalue weighted by Crippen LogP contribution is 2.35. The number of anilines is 1. The lowest BCUT2D eigenvalue weighted by Crippen LogP contribution is -2.35. The van der Waals surface area contributed by atoms with Crippen LogP contribution in [0.15, 0.2) is 30.3 Å². The van der Waals surface area contributed by atoms with Crippen molar-refractivity contribution >= 4 is 17.7 Å². The number of methoxy groups -OCH3 is 2. The van der Waals surface area contributed by atoms with Crippen molar-refractivity contribution < 1.29 is 19.1 Å². The molecule has 0 saturated heterocycles. The smallest absolute Gasteiger partial charge is 0.306 e. The number of aromatic nitrogens is 2. The van der Waals surface area contributed by atoms with Gasteiger partial charge in [-0.25, -0.2) is 4.68 Å². The number of ether oxygens (including phenoxy) is 2. The fraction of sp³-hybridized carbons (Fsp3) is 0.353. The number of nitrogens with one attached hydrogen (secondary N) is 1. The number of carbonyl (C=O) groups is 2. The largest absolute Gasteiger partial charge is 0.469 e. The SMILES string of the molecule is COCc1nn2c(c1-c1ccccc1)NC(=O)[C@H](CC(=O)OC)C2. The summed E-state index contributed by atoms with van der Waals surface area (Å²) in [4.78, 5) is 23.8. The van der Waals surface area contributed by atoms with Crippen molar-refractivity contribution in [1.29, 1.82) is 0 Å². The number of hydrogen-bond acceptors (Lipinski definition) is 5. The maximum atomic E-state index is 12.4. The van der Waals surface area contributed by atoms with Crippen LogP contribution in [-0.4, -0.2) is 35.9 Å². The molecule has 1 aliphatic rings. The number of nitrogens with zero attached hydrogens (tertiary/aromatic N) is 2. The van der Waals surface area contributed by atoms with E-state index in [1.807, 2.05) is 30.3 Å². The number of fused-ring (bicyclic) bond motifs is 1. The predicted octanol–water partition coefficient (Wildman–Crippen LogP) is 1.83. The van der Waals surface area contributed by atoms with E-state index in [9.17, 15) is 9.59 Å². The van der Waals surface area contributed by atoms with Gasteiger partial charge in [-0.3, -0.25) is 9.59 Å². The van der Waals surface area contributed by atoms with Crippen LogP contribution in [0.3, 0.4) is 0 Å². The molecule has 7 nitrogen and oxygen atoms in total. The summed E-state index contributed by atoms with van der Waals surface area (Å²) in [5.74, 6) is -0.469. The summed E-state index contributed by atoms with van der Waals surface area (Å²) in [5, 5.41) is 7.44. The molecule has 1 aromatic carbocycles. The zero-order valence-electron chi connectivity index (χ0n) is 13.6. The summed E-state index contributed by atoms with van der Waals surface area (Å²) in [6, 6.07) is 9.72. The predicted molar refractivity (Wildman–Crippen MR) is 87.1 cm³/mol. The maximum Gasteiger partial charge on any atom is 0.306 e. The van der Waals surface area contributed by atoms with E-state index in [1.54, 1.807) is 11.8 Å². The zero-order valence-corrected chi connectivity index (χ0v) is 13.6. The van der Waals surface area contributed by atoms with Crippen LogP contribution in [0.5, 0.6) is 0 Å². The molecule has 7 heteroatoms. The number of hydrogen-bond donors (Lipinski definition) is 1. The van der Waals surface area contributed by atoms with E-state index in [1.165, 1.54) is 7.11 Å². The first-order valence-electron chi connectivity index (χ1n) is 7.65. The van der Waals surface area contributed by atoms with Crippen molar-refractivity contribution in [3.8, 4) is 11.1 Å². The molecule has 24 heavy (non-hydrogen) atoms. The molecule has 1 aliphatic heterocycles. The van der Waals surface area contributed by atoms with E-state index in [2.05, 4.69) is 15.2 Å². The lowest BCUT2D eigenvalue weighted by molar-refractivity contribution is -0.143. The lowest BCUT2D eigenvalue weighted by Gasteiger charge is -2.23. The minimum absolute atomic E-state index is 0.0297. The van der Waals surface area contributed by atoms with Crippen LogP contribution in [0.2, 0.25) is 0 Å². The van der Waals surface area contributed by atoms with Gasteiger partial charge < -0.3 is 14.8 Å². The average Bonchev–Trinajstić information content (AvgIpc) is 2.93. The fourth-order valence-corrected chi connectivity index (χ4v) is 2.87. The van der Waals surface area contributed by atoms with E-state index in [4.69, 9.17) is 4.74 Å². The van der Waals surface area contributed by atoms with Gasteiger partial charge in [0.15, 0.2) is 0 Å². The molecule has 0 unspecified atom stereocenters. The van der Waals surface area contributed by atoms with Crippen molar-refractivity contribution in [2.75, 3.05) is 19.5 Å². The Labute approximate surface area is 139 Å². The molecule has 0 aliphatic carbocycles. The molecule has 1 atom stereocenters. The molecule has 1 N–H and O–H groups in total. The van der Waals surface area contributed by atoms with E-state index >= 15 is 0 Å². The quantitative estimate of drug-likeness (QED) is 0.846. The van der Waals surface area contributed by atoms with E-state index in [-0.39, 0.29) is 12.3 Å². The van der Waals surface area contributed by atoms with Crippen LogP contribution in [0.1, 0.15) is 12.1 Å². The third-order valence-electron chi connectivity index (χ3n) is 4.01. The van der Waals surface area contributed by atoms with Gasteiger partial charge >= 0.3 is 5.97 Å². The summed E-state index contributed by atoms with van der Waals surface area (Å²) in [6.07, 6.45) is 0.0297. The van der Waals surface area contributed by atoms with Gasteiger partial charge in [0.05, 0.1) is 38.3 Å². The van der Waals surface area contributed by atoms with E-state index in [0.29, 0.717) is 19.0 Å². The molecule has 2 heterocycles. The molecule has 0 saturated carbocycles. The number of esters is 1. The summed E-state index contributed by atoms with van der Waals surface area (Å²) < 4.78 is 11.6. The fourth-order valence-electron chi connectivity index (χ4n) is 2.87. The Morgan fingerprint density at radius 1 is 1.33 bits per heavy atom. The Kier molecular flexibility index (Phi) is 4.61. The summed E-state index contributed by atoms with van der Waals surface area (Å²) >= 11 is 0. The van der Waals surface area contributed by atoms with Gasteiger partial charge in [0.2, 0.25) is 5.91 Å². The Morgan fingerprint density at radius 2 is 2.08 bits per heavy atom. The summed E-state index contributed by atoms with van der Waals surface area (Å²) in [6.45, 7) is 0.668. The van der Waals surface area contributed by atoms with Gasteiger partial charge in [0, 0.05) is 12.7 Å². The van der Waals surface area contributed by atoms with Crippen LogP contribution in [-0.2, 0) is 32.2 Å². The highest BCUT2D eigenvalue weighted by molar-refractivity contribution is 5.98. The van der Waals surface area contributed by atoms with Gasteiger partial charge in [0.25, 0.3) is 0 Å².